The van der Waals surface area contributed by atoms with Crippen LogP contribution in [0.5, 0.6) is 5.88 Å². The maximum atomic E-state index is 13.3. The van der Waals surface area contributed by atoms with Crippen LogP contribution in [-0.4, -0.2) is 17.1 Å². The van der Waals surface area contributed by atoms with Crippen LogP contribution in [0.15, 0.2) is 18.2 Å². The van der Waals surface area contributed by atoms with Crippen molar-refractivity contribution in [3.63, 3.8) is 0 Å². The molecule has 0 saturated heterocycles. The molecule has 19 heavy (non-hydrogen) atoms. The third-order valence-corrected chi connectivity index (χ3v) is 2.74. The van der Waals surface area contributed by atoms with Crippen LogP contribution in [0.3, 0.4) is 0 Å². The molecular weight excluding hydrogens is 294 g/mol. The Morgan fingerprint density at radius 1 is 1.21 bits per heavy atom. The SMILES string of the molecule is COc1cc(Nc2cc(Cl)c(F)c(Cl)c2)nc(N)n1. The van der Waals surface area contributed by atoms with E-state index in [0.29, 0.717) is 17.4 Å². The molecule has 0 aliphatic carbocycles. The van der Waals surface area contributed by atoms with E-state index in [0.717, 1.165) is 0 Å². The van der Waals surface area contributed by atoms with Gasteiger partial charge in [-0.25, -0.2) is 4.39 Å². The molecule has 0 spiro atoms. The van der Waals surface area contributed by atoms with Crippen molar-refractivity contribution in [2.24, 2.45) is 0 Å². The Morgan fingerprint density at radius 3 is 2.42 bits per heavy atom. The number of hydrogen-bond donors (Lipinski definition) is 2. The summed E-state index contributed by atoms with van der Waals surface area (Å²) in [5.74, 6) is 0.0483. The molecule has 0 unspecified atom stereocenters. The van der Waals surface area contributed by atoms with Crippen molar-refractivity contribution in [3.8, 4) is 5.88 Å². The topological polar surface area (TPSA) is 73.1 Å². The Bertz CT molecular complexity index is 601. The van der Waals surface area contributed by atoms with Gasteiger partial charge in [-0.2, -0.15) is 9.97 Å². The highest BCUT2D eigenvalue weighted by Gasteiger charge is 2.09. The Hall–Kier alpha value is -1.79. The summed E-state index contributed by atoms with van der Waals surface area (Å²) in [4.78, 5) is 7.79. The van der Waals surface area contributed by atoms with E-state index in [1.54, 1.807) is 0 Å². The summed E-state index contributed by atoms with van der Waals surface area (Å²) in [6, 6.07) is 4.29. The summed E-state index contributed by atoms with van der Waals surface area (Å²) >= 11 is 11.4. The fourth-order valence-corrected chi connectivity index (χ4v) is 1.87. The van der Waals surface area contributed by atoms with E-state index in [9.17, 15) is 4.39 Å². The predicted molar refractivity (Wildman–Crippen MR) is 72.7 cm³/mol. The van der Waals surface area contributed by atoms with E-state index in [4.69, 9.17) is 33.7 Å². The molecule has 0 atom stereocenters. The van der Waals surface area contributed by atoms with Gasteiger partial charge in [0.05, 0.1) is 17.2 Å². The molecular formula is C11H9Cl2FN4O. The molecule has 1 aromatic heterocycles. The molecule has 8 heteroatoms. The summed E-state index contributed by atoms with van der Waals surface area (Å²) in [5.41, 5.74) is 5.99. The first-order valence-corrected chi connectivity index (χ1v) is 5.85. The lowest BCUT2D eigenvalue weighted by Gasteiger charge is -2.09. The van der Waals surface area contributed by atoms with Crippen molar-refractivity contribution in [3.05, 3.63) is 34.1 Å². The molecule has 5 nitrogen and oxygen atoms in total. The molecule has 1 heterocycles. The molecule has 0 amide bonds. The van der Waals surface area contributed by atoms with Gasteiger partial charge in [-0.15, -0.1) is 0 Å². The van der Waals surface area contributed by atoms with Gasteiger partial charge in [-0.05, 0) is 12.1 Å². The Balaban J connectivity index is 2.33. The van der Waals surface area contributed by atoms with Gasteiger partial charge in [0.1, 0.15) is 5.82 Å². The predicted octanol–water partition coefficient (Wildman–Crippen LogP) is 3.26. The molecule has 2 aromatic rings. The van der Waals surface area contributed by atoms with Crippen molar-refractivity contribution in [2.45, 2.75) is 0 Å². The van der Waals surface area contributed by atoms with Crippen LogP contribution in [0.4, 0.5) is 21.8 Å². The third kappa shape index (κ3) is 3.15. The van der Waals surface area contributed by atoms with Gasteiger partial charge in [0.15, 0.2) is 5.82 Å². The minimum absolute atomic E-state index is 0.0427. The van der Waals surface area contributed by atoms with E-state index in [2.05, 4.69) is 15.3 Å². The maximum Gasteiger partial charge on any atom is 0.225 e. The van der Waals surface area contributed by atoms with Gasteiger partial charge < -0.3 is 15.8 Å². The van der Waals surface area contributed by atoms with Crippen LogP contribution in [-0.2, 0) is 0 Å². The van der Waals surface area contributed by atoms with Crippen LogP contribution in [0, 0.1) is 5.82 Å². The standard InChI is InChI=1S/C11H9Cl2FN4O/c1-19-9-4-8(17-11(15)18-9)16-5-2-6(12)10(14)7(13)3-5/h2-4H,1H3,(H3,15,16,17,18). The summed E-state index contributed by atoms with van der Waals surface area (Å²) in [6.45, 7) is 0. The fraction of sp³-hybridized carbons (Fsp3) is 0.0909. The summed E-state index contributed by atoms with van der Waals surface area (Å²) in [5, 5.41) is 2.69. The molecule has 3 N–H and O–H groups in total. The van der Waals surface area contributed by atoms with Crippen molar-refractivity contribution in [1.82, 2.24) is 9.97 Å². The first-order valence-electron chi connectivity index (χ1n) is 5.09. The number of hydrogen-bond acceptors (Lipinski definition) is 5. The normalized spacial score (nSPS) is 10.3. The summed E-state index contributed by atoms with van der Waals surface area (Å²) in [7, 11) is 1.46. The third-order valence-electron chi connectivity index (χ3n) is 2.19. The number of ether oxygens (including phenoxy) is 1. The molecule has 1 aromatic carbocycles. The zero-order valence-corrected chi connectivity index (χ0v) is 11.3. The Morgan fingerprint density at radius 2 is 1.84 bits per heavy atom. The highest BCUT2D eigenvalue weighted by molar-refractivity contribution is 6.35. The zero-order valence-electron chi connectivity index (χ0n) is 9.75. The van der Waals surface area contributed by atoms with Crippen molar-refractivity contribution in [1.29, 1.82) is 0 Å². The number of nitrogens with two attached hydrogens (primary N) is 1. The molecule has 100 valence electrons. The molecule has 0 aliphatic heterocycles. The number of halogens is 3. The number of nitrogens with one attached hydrogen (secondary N) is 1. The number of benzene rings is 1. The lowest BCUT2D eigenvalue weighted by atomic mass is 10.3. The van der Waals surface area contributed by atoms with Crippen molar-refractivity contribution < 1.29 is 9.13 Å². The molecule has 0 bridgehead atoms. The largest absolute Gasteiger partial charge is 0.481 e. The van der Waals surface area contributed by atoms with Gasteiger partial charge in [-0.1, -0.05) is 23.2 Å². The number of aromatic nitrogens is 2. The molecule has 0 fully saturated rings. The second kappa shape index (κ2) is 5.46. The molecule has 2 rings (SSSR count). The molecule has 0 aliphatic rings. The average Bonchev–Trinajstić information content (AvgIpc) is 2.35. The van der Waals surface area contributed by atoms with Gasteiger partial charge in [0.25, 0.3) is 0 Å². The van der Waals surface area contributed by atoms with E-state index in [1.807, 2.05) is 0 Å². The van der Waals surface area contributed by atoms with Crippen LogP contribution >= 0.6 is 23.2 Å². The number of anilines is 3. The van der Waals surface area contributed by atoms with E-state index in [-0.39, 0.29) is 16.0 Å². The molecule has 0 saturated carbocycles. The quantitative estimate of drug-likeness (QED) is 0.851. The first kappa shape index (κ1) is 13.6. The monoisotopic (exact) mass is 302 g/mol. The van der Waals surface area contributed by atoms with Gasteiger partial charge in [0, 0.05) is 11.8 Å². The van der Waals surface area contributed by atoms with E-state index >= 15 is 0 Å². The first-order chi connectivity index (χ1) is 8.99. The van der Waals surface area contributed by atoms with E-state index < -0.39 is 5.82 Å². The van der Waals surface area contributed by atoms with Gasteiger partial charge >= 0.3 is 0 Å². The van der Waals surface area contributed by atoms with Crippen molar-refractivity contribution in [2.75, 3.05) is 18.2 Å². The second-order valence-electron chi connectivity index (χ2n) is 3.53. The average molecular weight is 303 g/mol. The minimum atomic E-state index is -0.673. The highest BCUT2D eigenvalue weighted by atomic mass is 35.5. The van der Waals surface area contributed by atoms with Crippen LogP contribution in [0.2, 0.25) is 10.0 Å². The number of nitrogens with zero attached hydrogens (tertiary/aromatic N) is 2. The Labute approximate surface area is 118 Å². The number of nitrogen functional groups attached to an aromatic ring is 1. The van der Waals surface area contributed by atoms with Crippen molar-refractivity contribution >= 4 is 40.7 Å². The summed E-state index contributed by atoms with van der Waals surface area (Å²) in [6.07, 6.45) is 0. The lowest BCUT2D eigenvalue weighted by Crippen LogP contribution is -2.02. The molecule has 0 radical (unpaired) electrons. The van der Waals surface area contributed by atoms with Gasteiger partial charge in [-0.3, -0.25) is 0 Å². The van der Waals surface area contributed by atoms with Crippen LogP contribution in [0.1, 0.15) is 0 Å². The smallest absolute Gasteiger partial charge is 0.225 e. The zero-order chi connectivity index (χ0) is 14.0. The lowest BCUT2D eigenvalue weighted by molar-refractivity contribution is 0.398. The van der Waals surface area contributed by atoms with Crippen LogP contribution in [0.25, 0.3) is 0 Å². The summed E-state index contributed by atoms with van der Waals surface area (Å²) < 4.78 is 18.2. The fourth-order valence-electron chi connectivity index (χ4n) is 1.39. The Kier molecular flexibility index (Phi) is 3.92. The minimum Gasteiger partial charge on any atom is -0.481 e. The van der Waals surface area contributed by atoms with Crippen LogP contribution < -0.4 is 15.8 Å². The van der Waals surface area contributed by atoms with E-state index in [1.165, 1.54) is 25.3 Å². The van der Waals surface area contributed by atoms with Gasteiger partial charge in [0.2, 0.25) is 11.8 Å². The highest BCUT2D eigenvalue weighted by Crippen LogP contribution is 2.29. The number of rotatable bonds is 3. The second-order valence-corrected chi connectivity index (χ2v) is 4.35. The maximum absolute atomic E-state index is 13.3. The number of methoxy groups -OCH3 is 1.